The summed E-state index contributed by atoms with van der Waals surface area (Å²) in [5.74, 6) is 0. The average Bonchev–Trinajstić information content (AvgIpc) is 2.66. The van der Waals surface area contributed by atoms with Crippen LogP contribution < -0.4 is 10.5 Å². The van der Waals surface area contributed by atoms with Gasteiger partial charge in [-0.15, -0.1) is 0 Å². The van der Waals surface area contributed by atoms with Crippen LogP contribution in [0.1, 0.15) is 11.1 Å². The highest BCUT2D eigenvalue weighted by molar-refractivity contribution is 6.06. The molecule has 0 aliphatic heterocycles. The van der Waals surface area contributed by atoms with Gasteiger partial charge < -0.3 is 9.32 Å². The number of fused-ring (bicyclic) bond motifs is 3. The van der Waals surface area contributed by atoms with Gasteiger partial charge in [-0.2, -0.15) is 0 Å². The molecular formula is C23H19NO2. The summed E-state index contributed by atoms with van der Waals surface area (Å²) in [5.41, 5.74) is 3.39. The Morgan fingerprint density at radius 3 is 2.38 bits per heavy atom. The second-order valence-electron chi connectivity index (χ2n) is 6.50. The molecule has 0 aliphatic carbocycles. The van der Waals surface area contributed by atoms with Gasteiger partial charge in [0.1, 0.15) is 5.58 Å². The van der Waals surface area contributed by atoms with Crippen LogP contribution in [0.3, 0.4) is 0 Å². The monoisotopic (exact) mass is 341 g/mol. The van der Waals surface area contributed by atoms with Crippen LogP contribution >= 0.6 is 0 Å². The second kappa shape index (κ2) is 6.52. The zero-order valence-corrected chi connectivity index (χ0v) is 14.8. The van der Waals surface area contributed by atoms with Crippen LogP contribution in [0.15, 0.2) is 75.9 Å². The number of hydrogen-bond acceptors (Lipinski definition) is 3. The van der Waals surface area contributed by atoms with E-state index >= 15 is 0 Å². The van der Waals surface area contributed by atoms with Crippen molar-refractivity contribution in [3.8, 4) is 0 Å². The molecule has 0 N–H and O–H groups in total. The molecule has 3 aromatic carbocycles. The summed E-state index contributed by atoms with van der Waals surface area (Å²) < 4.78 is 5.51. The first-order chi connectivity index (χ1) is 12.6. The van der Waals surface area contributed by atoms with Crippen molar-refractivity contribution in [3.63, 3.8) is 0 Å². The summed E-state index contributed by atoms with van der Waals surface area (Å²) in [4.78, 5) is 14.1. The number of benzene rings is 3. The van der Waals surface area contributed by atoms with E-state index in [1.165, 1.54) is 0 Å². The summed E-state index contributed by atoms with van der Waals surface area (Å²) >= 11 is 0. The lowest BCUT2D eigenvalue weighted by Gasteiger charge is -2.11. The number of anilines is 1. The smallest absolute Gasteiger partial charge is 0.336 e. The zero-order valence-electron chi connectivity index (χ0n) is 14.8. The van der Waals surface area contributed by atoms with Gasteiger partial charge in [-0.05, 0) is 34.7 Å². The molecule has 0 saturated heterocycles. The van der Waals surface area contributed by atoms with Crippen molar-refractivity contribution < 1.29 is 4.42 Å². The SMILES string of the molecule is CN(C)c1ccc(/C=C/c2cc(=O)oc3c2ccc2ccccc23)cc1. The van der Waals surface area contributed by atoms with Gasteiger partial charge in [0, 0.05) is 36.6 Å². The molecule has 0 amide bonds. The molecule has 4 aromatic rings. The number of rotatable bonds is 3. The maximum Gasteiger partial charge on any atom is 0.336 e. The van der Waals surface area contributed by atoms with Crippen molar-refractivity contribution >= 4 is 39.6 Å². The van der Waals surface area contributed by atoms with E-state index in [0.717, 1.165) is 33.0 Å². The van der Waals surface area contributed by atoms with E-state index in [2.05, 4.69) is 35.2 Å². The van der Waals surface area contributed by atoms with E-state index < -0.39 is 0 Å². The predicted molar refractivity (Wildman–Crippen MR) is 110 cm³/mol. The third kappa shape index (κ3) is 3.00. The van der Waals surface area contributed by atoms with Crippen LogP contribution in [-0.2, 0) is 0 Å². The summed E-state index contributed by atoms with van der Waals surface area (Å²) in [5, 5.41) is 2.95. The van der Waals surface area contributed by atoms with Crippen LogP contribution in [-0.4, -0.2) is 14.1 Å². The highest BCUT2D eigenvalue weighted by Gasteiger charge is 2.07. The summed E-state index contributed by atoms with van der Waals surface area (Å²) in [6, 6.07) is 21.8. The fourth-order valence-corrected chi connectivity index (χ4v) is 3.12. The van der Waals surface area contributed by atoms with Crippen LogP contribution in [0.5, 0.6) is 0 Å². The molecule has 0 radical (unpaired) electrons. The van der Waals surface area contributed by atoms with Crippen molar-refractivity contribution in [1.29, 1.82) is 0 Å². The zero-order chi connectivity index (χ0) is 18.1. The molecule has 1 heterocycles. The molecular weight excluding hydrogens is 322 g/mol. The first-order valence-corrected chi connectivity index (χ1v) is 8.53. The van der Waals surface area contributed by atoms with Gasteiger partial charge in [0.05, 0.1) is 0 Å². The minimum Gasteiger partial charge on any atom is -0.422 e. The molecule has 3 heteroatoms. The molecule has 0 aliphatic rings. The number of hydrogen-bond donors (Lipinski definition) is 0. The molecule has 3 nitrogen and oxygen atoms in total. The Bertz CT molecular complexity index is 1170. The van der Waals surface area contributed by atoms with Gasteiger partial charge in [0.15, 0.2) is 0 Å². The van der Waals surface area contributed by atoms with Gasteiger partial charge in [0.2, 0.25) is 0 Å². The summed E-state index contributed by atoms with van der Waals surface area (Å²) in [6.45, 7) is 0. The Kier molecular flexibility index (Phi) is 4.05. The van der Waals surface area contributed by atoms with Crippen LogP contribution in [0.2, 0.25) is 0 Å². The molecule has 0 bridgehead atoms. The summed E-state index contributed by atoms with van der Waals surface area (Å²) in [7, 11) is 4.04. The van der Waals surface area contributed by atoms with E-state index in [1.54, 1.807) is 6.07 Å². The third-order valence-electron chi connectivity index (χ3n) is 4.53. The Morgan fingerprint density at radius 1 is 0.846 bits per heavy atom. The first-order valence-electron chi connectivity index (χ1n) is 8.53. The normalized spacial score (nSPS) is 11.5. The molecule has 0 fully saturated rings. The Balaban J connectivity index is 1.81. The Hall–Kier alpha value is -3.33. The predicted octanol–water partition coefficient (Wildman–Crippen LogP) is 5.18. The largest absolute Gasteiger partial charge is 0.422 e. The molecule has 26 heavy (non-hydrogen) atoms. The molecule has 0 saturated carbocycles. The van der Waals surface area contributed by atoms with Gasteiger partial charge in [0.25, 0.3) is 0 Å². The van der Waals surface area contributed by atoms with E-state index in [-0.39, 0.29) is 5.63 Å². The second-order valence-corrected chi connectivity index (χ2v) is 6.50. The Morgan fingerprint density at radius 2 is 1.62 bits per heavy atom. The number of nitrogens with zero attached hydrogens (tertiary/aromatic N) is 1. The fourth-order valence-electron chi connectivity index (χ4n) is 3.12. The van der Waals surface area contributed by atoms with E-state index in [0.29, 0.717) is 5.58 Å². The van der Waals surface area contributed by atoms with Crippen molar-refractivity contribution in [2.75, 3.05) is 19.0 Å². The van der Waals surface area contributed by atoms with Crippen molar-refractivity contribution in [3.05, 3.63) is 88.3 Å². The van der Waals surface area contributed by atoms with Crippen molar-refractivity contribution in [2.45, 2.75) is 0 Å². The fraction of sp³-hybridized carbons (Fsp3) is 0.0870. The van der Waals surface area contributed by atoms with Gasteiger partial charge >= 0.3 is 5.63 Å². The molecule has 0 spiro atoms. The minimum absolute atomic E-state index is 0.337. The lowest BCUT2D eigenvalue weighted by Crippen LogP contribution is -2.07. The van der Waals surface area contributed by atoms with Gasteiger partial charge in [-0.25, -0.2) is 4.79 Å². The first kappa shape index (κ1) is 16.2. The van der Waals surface area contributed by atoms with E-state index in [1.807, 2.05) is 56.6 Å². The van der Waals surface area contributed by atoms with E-state index in [9.17, 15) is 4.79 Å². The minimum atomic E-state index is -0.337. The average molecular weight is 341 g/mol. The Labute approximate surface area is 151 Å². The standard InChI is InChI=1S/C23H19NO2/c1-24(2)19-12-8-16(9-13-19)7-10-18-15-22(25)26-23-20-6-4-3-5-17(20)11-14-21(18)23/h3-15H,1-2H3/b10-7+. The lowest BCUT2D eigenvalue weighted by atomic mass is 10.0. The molecule has 128 valence electrons. The maximum atomic E-state index is 12.1. The van der Waals surface area contributed by atoms with Crippen molar-refractivity contribution in [2.24, 2.45) is 0 Å². The van der Waals surface area contributed by atoms with Gasteiger partial charge in [-0.3, -0.25) is 0 Å². The topological polar surface area (TPSA) is 33.5 Å². The highest BCUT2D eigenvalue weighted by atomic mass is 16.4. The van der Waals surface area contributed by atoms with E-state index in [4.69, 9.17) is 4.42 Å². The van der Waals surface area contributed by atoms with Crippen LogP contribution in [0.25, 0.3) is 33.9 Å². The molecule has 0 atom stereocenters. The molecule has 4 rings (SSSR count). The lowest BCUT2D eigenvalue weighted by molar-refractivity contribution is 0.564. The maximum absolute atomic E-state index is 12.1. The summed E-state index contributed by atoms with van der Waals surface area (Å²) in [6.07, 6.45) is 3.99. The van der Waals surface area contributed by atoms with Crippen LogP contribution in [0, 0.1) is 0 Å². The van der Waals surface area contributed by atoms with Crippen LogP contribution in [0.4, 0.5) is 5.69 Å². The van der Waals surface area contributed by atoms with Gasteiger partial charge in [-0.1, -0.05) is 54.6 Å². The molecule has 1 aromatic heterocycles. The van der Waals surface area contributed by atoms with Crippen molar-refractivity contribution in [1.82, 2.24) is 0 Å². The quantitative estimate of drug-likeness (QED) is 0.380. The third-order valence-corrected chi connectivity index (χ3v) is 4.53. The highest BCUT2D eigenvalue weighted by Crippen LogP contribution is 2.27. The molecule has 0 unspecified atom stereocenters.